The van der Waals surface area contributed by atoms with Crippen LogP contribution in [0.2, 0.25) is 0 Å². The van der Waals surface area contributed by atoms with Crippen LogP contribution >= 0.6 is 22.9 Å². The molecular formula is C15H13N3O3S2. The summed E-state index contributed by atoms with van der Waals surface area (Å²) < 4.78 is 5.19. The van der Waals surface area contributed by atoms with Crippen LogP contribution in [0.25, 0.3) is 10.1 Å². The van der Waals surface area contributed by atoms with Crippen molar-refractivity contribution in [3.63, 3.8) is 0 Å². The number of hydrogen-bond donors (Lipinski definition) is 3. The number of carbonyl (C=O) groups is 2. The van der Waals surface area contributed by atoms with Crippen LogP contribution in [-0.2, 0) is 0 Å². The van der Waals surface area contributed by atoms with Crippen LogP contribution < -0.4 is 10.8 Å². The number of carbonyl (C=O) groups excluding carboxylic acids is 2. The van der Waals surface area contributed by atoms with Crippen molar-refractivity contribution in [2.45, 2.75) is 13.0 Å². The molecule has 0 aliphatic carbocycles. The summed E-state index contributed by atoms with van der Waals surface area (Å²) in [5, 5.41) is 12.5. The quantitative estimate of drug-likeness (QED) is 0.500. The van der Waals surface area contributed by atoms with Gasteiger partial charge in [-0.05, 0) is 42.0 Å². The molecule has 2 amide bonds. The van der Waals surface area contributed by atoms with Gasteiger partial charge in [0, 0.05) is 4.70 Å². The summed E-state index contributed by atoms with van der Waals surface area (Å²) in [6, 6.07) is 10.9. The van der Waals surface area contributed by atoms with Crippen molar-refractivity contribution in [3.05, 3.63) is 51.8 Å². The molecule has 0 unspecified atom stereocenters. The third kappa shape index (κ3) is 3.24. The van der Waals surface area contributed by atoms with E-state index in [1.165, 1.54) is 11.3 Å². The molecule has 2 aromatic heterocycles. The van der Waals surface area contributed by atoms with Crippen molar-refractivity contribution in [3.8, 4) is 0 Å². The largest absolute Gasteiger partial charge is 0.343 e. The lowest BCUT2D eigenvalue weighted by molar-refractivity contribution is 0.0711. The highest BCUT2D eigenvalue weighted by molar-refractivity contribution is 7.20. The zero-order chi connectivity index (χ0) is 16.4. The Hall–Kier alpha value is -2.29. The van der Waals surface area contributed by atoms with Gasteiger partial charge in [-0.2, -0.15) is 4.37 Å². The van der Waals surface area contributed by atoms with Gasteiger partial charge in [0.15, 0.2) is 0 Å². The van der Waals surface area contributed by atoms with Crippen LogP contribution in [0.4, 0.5) is 0 Å². The molecule has 118 valence electrons. The van der Waals surface area contributed by atoms with Crippen molar-refractivity contribution < 1.29 is 14.8 Å². The first-order chi connectivity index (χ1) is 11.1. The first-order valence-electron chi connectivity index (χ1n) is 6.79. The van der Waals surface area contributed by atoms with E-state index in [-0.39, 0.29) is 16.8 Å². The molecule has 0 bridgehead atoms. The Morgan fingerprint density at radius 2 is 1.96 bits per heavy atom. The first kappa shape index (κ1) is 15.6. The molecule has 3 rings (SSSR count). The van der Waals surface area contributed by atoms with Crippen LogP contribution in [-0.4, -0.2) is 21.4 Å². The molecule has 0 spiro atoms. The van der Waals surface area contributed by atoms with Gasteiger partial charge in [0.1, 0.15) is 4.88 Å². The normalized spacial score (nSPS) is 12.1. The highest BCUT2D eigenvalue weighted by Gasteiger charge is 2.18. The fourth-order valence-corrected chi connectivity index (χ4v) is 3.77. The molecule has 3 aromatic rings. The monoisotopic (exact) mass is 347 g/mol. The van der Waals surface area contributed by atoms with Gasteiger partial charge in [-0.15, -0.1) is 11.3 Å². The Morgan fingerprint density at radius 3 is 2.70 bits per heavy atom. The molecule has 0 radical (unpaired) electrons. The number of benzene rings is 1. The van der Waals surface area contributed by atoms with Gasteiger partial charge in [-0.25, -0.2) is 5.48 Å². The molecular weight excluding hydrogens is 334 g/mol. The molecule has 0 aliphatic heterocycles. The Balaban J connectivity index is 1.74. The van der Waals surface area contributed by atoms with Gasteiger partial charge >= 0.3 is 0 Å². The van der Waals surface area contributed by atoms with E-state index in [0.717, 1.165) is 21.6 Å². The van der Waals surface area contributed by atoms with Crippen molar-refractivity contribution in [2.75, 3.05) is 0 Å². The minimum atomic E-state index is -0.614. The molecule has 0 saturated carbocycles. The standard InChI is InChI=1S/C15H13N3O3S2/c1-8(10-7-13(23-18-10)15(20)17-21)16-14(19)12-6-9-4-2-3-5-11(9)22-12/h2-8,21H,1H3,(H,16,19)(H,17,20)/t8-/m0/s1. The van der Waals surface area contributed by atoms with E-state index < -0.39 is 5.91 Å². The third-order valence-corrected chi connectivity index (χ3v) is 5.21. The van der Waals surface area contributed by atoms with Crippen LogP contribution in [0.3, 0.4) is 0 Å². The summed E-state index contributed by atoms with van der Waals surface area (Å²) >= 11 is 2.40. The number of nitrogens with one attached hydrogen (secondary N) is 2. The van der Waals surface area contributed by atoms with E-state index >= 15 is 0 Å². The average molecular weight is 347 g/mol. The molecule has 0 saturated heterocycles. The molecule has 2 heterocycles. The van der Waals surface area contributed by atoms with Crippen molar-refractivity contribution >= 4 is 44.8 Å². The maximum atomic E-state index is 12.4. The molecule has 6 nitrogen and oxygen atoms in total. The zero-order valence-corrected chi connectivity index (χ0v) is 13.7. The van der Waals surface area contributed by atoms with Gasteiger partial charge in [-0.1, -0.05) is 18.2 Å². The summed E-state index contributed by atoms with van der Waals surface area (Å²) in [6.07, 6.45) is 0. The van der Waals surface area contributed by atoms with E-state index in [0.29, 0.717) is 10.6 Å². The third-order valence-electron chi connectivity index (χ3n) is 3.29. The maximum absolute atomic E-state index is 12.4. The highest BCUT2D eigenvalue weighted by Crippen LogP contribution is 2.26. The lowest BCUT2D eigenvalue weighted by atomic mass is 10.2. The Kier molecular flexibility index (Phi) is 4.37. The smallest absolute Gasteiger partial charge is 0.286 e. The number of hydrogen-bond acceptors (Lipinski definition) is 6. The van der Waals surface area contributed by atoms with Crippen LogP contribution in [0.1, 0.15) is 38.0 Å². The second-order valence-electron chi connectivity index (χ2n) is 4.90. The summed E-state index contributed by atoms with van der Waals surface area (Å²) in [4.78, 5) is 24.6. The van der Waals surface area contributed by atoms with Crippen molar-refractivity contribution in [1.29, 1.82) is 0 Å². The van der Waals surface area contributed by atoms with Crippen LogP contribution in [0.15, 0.2) is 36.4 Å². The topological polar surface area (TPSA) is 91.3 Å². The minimum absolute atomic E-state index is 0.181. The lowest BCUT2D eigenvalue weighted by Crippen LogP contribution is -2.26. The molecule has 0 aliphatic rings. The molecule has 3 N–H and O–H groups in total. The SMILES string of the molecule is C[C@H](NC(=O)c1cc2ccccc2s1)c1cc(C(=O)NO)sn1. The number of amides is 2. The number of aromatic nitrogens is 1. The van der Waals surface area contributed by atoms with Crippen molar-refractivity contribution in [2.24, 2.45) is 0 Å². The van der Waals surface area contributed by atoms with E-state index in [1.54, 1.807) is 18.5 Å². The second-order valence-corrected chi connectivity index (χ2v) is 6.79. The van der Waals surface area contributed by atoms with E-state index in [4.69, 9.17) is 5.21 Å². The number of nitrogens with zero attached hydrogens (tertiary/aromatic N) is 1. The predicted molar refractivity (Wildman–Crippen MR) is 89.1 cm³/mol. The van der Waals surface area contributed by atoms with E-state index in [2.05, 4.69) is 9.69 Å². The van der Waals surface area contributed by atoms with Crippen molar-refractivity contribution in [1.82, 2.24) is 15.2 Å². The lowest BCUT2D eigenvalue weighted by Gasteiger charge is -2.10. The summed E-state index contributed by atoms with van der Waals surface area (Å²) in [7, 11) is 0. The molecule has 1 atom stereocenters. The molecule has 8 heteroatoms. The molecule has 0 fully saturated rings. The van der Waals surface area contributed by atoms with Gasteiger partial charge in [0.25, 0.3) is 11.8 Å². The summed E-state index contributed by atoms with van der Waals surface area (Å²) in [5.74, 6) is -0.795. The Labute approximate surface area is 139 Å². The number of hydroxylamine groups is 1. The zero-order valence-electron chi connectivity index (χ0n) is 12.1. The number of fused-ring (bicyclic) bond motifs is 1. The average Bonchev–Trinajstić information content (AvgIpc) is 3.20. The van der Waals surface area contributed by atoms with Gasteiger partial charge < -0.3 is 5.32 Å². The maximum Gasteiger partial charge on any atom is 0.286 e. The van der Waals surface area contributed by atoms with E-state index in [9.17, 15) is 9.59 Å². The Morgan fingerprint density at radius 1 is 1.17 bits per heavy atom. The first-order valence-corrected chi connectivity index (χ1v) is 8.38. The number of rotatable bonds is 4. The number of thiophene rings is 1. The van der Waals surface area contributed by atoms with Crippen LogP contribution in [0, 0.1) is 0 Å². The minimum Gasteiger partial charge on any atom is -0.343 e. The van der Waals surface area contributed by atoms with Gasteiger partial charge in [-0.3, -0.25) is 14.8 Å². The van der Waals surface area contributed by atoms with Crippen LogP contribution in [0.5, 0.6) is 0 Å². The predicted octanol–water partition coefficient (Wildman–Crippen LogP) is 2.97. The fourth-order valence-electron chi connectivity index (χ4n) is 2.09. The summed E-state index contributed by atoms with van der Waals surface area (Å²) in [5.41, 5.74) is 2.13. The molecule has 1 aromatic carbocycles. The van der Waals surface area contributed by atoms with E-state index in [1.807, 2.05) is 30.3 Å². The fraction of sp³-hybridized carbons (Fsp3) is 0.133. The Bertz CT molecular complexity index is 839. The molecule has 23 heavy (non-hydrogen) atoms. The summed E-state index contributed by atoms with van der Waals surface area (Å²) in [6.45, 7) is 1.79. The highest BCUT2D eigenvalue weighted by atomic mass is 32.1. The van der Waals surface area contributed by atoms with Gasteiger partial charge in [0.05, 0.1) is 16.6 Å². The van der Waals surface area contributed by atoms with Gasteiger partial charge in [0.2, 0.25) is 0 Å². The second kappa shape index (κ2) is 6.45.